The third-order valence-corrected chi connectivity index (χ3v) is 7.91. The molecule has 1 fully saturated rings. The molecule has 0 spiro atoms. The highest BCUT2D eigenvalue weighted by Gasteiger charge is 2.29. The number of halogens is 1. The number of benzene rings is 2. The number of aliphatic carboxylic acids is 1. The molecule has 1 atom stereocenters. The largest absolute Gasteiger partial charge is 0.488 e. The van der Waals surface area contributed by atoms with Crippen LogP contribution in [0, 0.1) is 25.6 Å². The van der Waals surface area contributed by atoms with Gasteiger partial charge in [0.1, 0.15) is 30.5 Å². The Hall–Kier alpha value is -3.16. The quantitative estimate of drug-likeness (QED) is 0.442. The van der Waals surface area contributed by atoms with Gasteiger partial charge in [-0.2, -0.15) is 0 Å². The van der Waals surface area contributed by atoms with Gasteiger partial charge in [-0.3, -0.25) is 9.69 Å². The molecule has 182 valence electrons. The standard InChI is InChI=1S/C28H28FNO4S/c1-17-26(35-18(2)27(17)20-6-4-3-5-7-20)16-33-22-11-24(29)23-10-19(15-34-25(23)12-22)13-30-9-8-21(14-30)28(31)32/h3-7,10-12,21H,8-9,13-16H2,1-2H3,(H,31,32). The number of aryl methyl sites for hydroxylation is 1. The van der Waals surface area contributed by atoms with E-state index < -0.39 is 5.97 Å². The summed E-state index contributed by atoms with van der Waals surface area (Å²) in [4.78, 5) is 15.6. The number of ether oxygens (including phenoxy) is 2. The second kappa shape index (κ2) is 9.84. The first kappa shape index (κ1) is 23.6. The molecule has 3 heterocycles. The van der Waals surface area contributed by atoms with E-state index in [1.165, 1.54) is 27.6 Å². The molecule has 1 N–H and O–H groups in total. The lowest BCUT2D eigenvalue weighted by Gasteiger charge is -2.23. The smallest absolute Gasteiger partial charge is 0.307 e. The Morgan fingerprint density at radius 3 is 2.80 bits per heavy atom. The summed E-state index contributed by atoms with van der Waals surface area (Å²) >= 11 is 1.70. The van der Waals surface area contributed by atoms with E-state index in [1.807, 2.05) is 24.3 Å². The van der Waals surface area contributed by atoms with Crippen molar-refractivity contribution in [2.24, 2.45) is 5.92 Å². The number of likely N-dealkylation sites (tertiary alicyclic amines) is 1. The first-order chi connectivity index (χ1) is 16.9. The van der Waals surface area contributed by atoms with E-state index in [2.05, 4.69) is 30.9 Å². The lowest BCUT2D eigenvalue weighted by Crippen LogP contribution is -2.27. The molecule has 0 bridgehead atoms. The minimum Gasteiger partial charge on any atom is -0.488 e. The van der Waals surface area contributed by atoms with Gasteiger partial charge in [0.2, 0.25) is 0 Å². The highest BCUT2D eigenvalue weighted by molar-refractivity contribution is 7.12. The van der Waals surface area contributed by atoms with Crippen molar-refractivity contribution >= 4 is 23.4 Å². The molecule has 0 radical (unpaired) electrons. The van der Waals surface area contributed by atoms with Crippen LogP contribution in [0.1, 0.15) is 27.3 Å². The van der Waals surface area contributed by atoms with Gasteiger partial charge in [0.15, 0.2) is 0 Å². The molecule has 0 saturated carbocycles. The Bertz CT molecular complexity index is 1280. The summed E-state index contributed by atoms with van der Waals surface area (Å²) in [5, 5.41) is 9.20. The van der Waals surface area contributed by atoms with E-state index in [0.717, 1.165) is 17.0 Å². The zero-order valence-corrected chi connectivity index (χ0v) is 20.7. The summed E-state index contributed by atoms with van der Waals surface area (Å²) in [6.07, 6.45) is 2.47. The maximum Gasteiger partial charge on any atom is 0.307 e. The Balaban J connectivity index is 1.28. The van der Waals surface area contributed by atoms with Gasteiger partial charge in [-0.1, -0.05) is 30.3 Å². The van der Waals surface area contributed by atoms with Gasteiger partial charge in [-0.25, -0.2) is 4.39 Å². The maximum absolute atomic E-state index is 15.0. The fraction of sp³-hybridized carbons (Fsp3) is 0.321. The normalized spacial score (nSPS) is 17.6. The lowest BCUT2D eigenvalue weighted by molar-refractivity contribution is -0.141. The van der Waals surface area contributed by atoms with Crippen LogP contribution >= 0.6 is 11.3 Å². The van der Waals surface area contributed by atoms with Gasteiger partial charge in [-0.05, 0) is 55.2 Å². The Morgan fingerprint density at radius 2 is 2.06 bits per heavy atom. The van der Waals surface area contributed by atoms with E-state index in [0.29, 0.717) is 49.8 Å². The van der Waals surface area contributed by atoms with Gasteiger partial charge in [-0.15, -0.1) is 11.3 Å². The SMILES string of the molecule is Cc1sc(COc2cc(F)c3c(c2)OCC(CN2CCC(C(=O)O)C2)=C3)c(C)c1-c1ccccc1. The molecule has 2 aromatic carbocycles. The molecule has 1 saturated heterocycles. The summed E-state index contributed by atoms with van der Waals surface area (Å²) < 4.78 is 26.9. The minimum absolute atomic E-state index is 0.330. The third-order valence-electron chi connectivity index (χ3n) is 6.73. The van der Waals surface area contributed by atoms with Gasteiger partial charge >= 0.3 is 5.97 Å². The topological polar surface area (TPSA) is 59.0 Å². The highest BCUT2D eigenvalue weighted by Crippen LogP contribution is 2.38. The average molecular weight is 494 g/mol. The van der Waals surface area contributed by atoms with Crippen LogP contribution in [-0.4, -0.2) is 42.2 Å². The fourth-order valence-corrected chi connectivity index (χ4v) is 6.03. The highest BCUT2D eigenvalue weighted by atomic mass is 32.1. The van der Waals surface area contributed by atoms with Crippen LogP contribution in [0.4, 0.5) is 4.39 Å². The van der Waals surface area contributed by atoms with Crippen LogP contribution in [0.5, 0.6) is 11.5 Å². The van der Waals surface area contributed by atoms with Crippen LogP contribution in [0.2, 0.25) is 0 Å². The van der Waals surface area contributed by atoms with Crippen LogP contribution < -0.4 is 9.47 Å². The summed E-state index contributed by atoms with van der Waals surface area (Å²) in [5.74, 6) is -0.562. The predicted octanol–water partition coefficient (Wildman–Crippen LogP) is 5.93. The molecule has 0 aliphatic carbocycles. The van der Waals surface area contributed by atoms with Crippen LogP contribution in [0.25, 0.3) is 17.2 Å². The number of rotatable bonds is 7. The minimum atomic E-state index is -0.755. The summed E-state index contributed by atoms with van der Waals surface area (Å²) in [6, 6.07) is 13.5. The van der Waals surface area contributed by atoms with Crippen LogP contribution in [0.15, 0.2) is 48.0 Å². The second-order valence-corrected chi connectivity index (χ2v) is 10.5. The van der Waals surface area contributed by atoms with Crippen molar-refractivity contribution < 1.29 is 23.8 Å². The predicted molar refractivity (Wildman–Crippen MR) is 136 cm³/mol. The summed E-state index contributed by atoms with van der Waals surface area (Å²) in [5.41, 5.74) is 4.97. The van der Waals surface area contributed by atoms with E-state index in [4.69, 9.17) is 9.47 Å². The third kappa shape index (κ3) is 4.97. The molecular weight excluding hydrogens is 465 g/mol. The number of carbonyl (C=O) groups is 1. The van der Waals surface area contributed by atoms with Crippen molar-refractivity contribution in [3.8, 4) is 22.6 Å². The molecule has 2 aliphatic heterocycles. The van der Waals surface area contributed by atoms with Gasteiger partial charge in [0, 0.05) is 35.0 Å². The average Bonchev–Trinajstić information content (AvgIpc) is 3.42. The van der Waals surface area contributed by atoms with Crippen molar-refractivity contribution in [3.05, 3.63) is 74.7 Å². The summed E-state index contributed by atoms with van der Waals surface area (Å²) in [6.45, 7) is 6.77. The fourth-order valence-electron chi connectivity index (χ4n) is 4.91. The molecule has 7 heteroatoms. The molecule has 1 aromatic heterocycles. The molecule has 1 unspecified atom stereocenters. The van der Waals surface area contributed by atoms with E-state index in [9.17, 15) is 14.3 Å². The Morgan fingerprint density at radius 1 is 1.26 bits per heavy atom. The van der Waals surface area contributed by atoms with E-state index in [1.54, 1.807) is 17.4 Å². The Labute approximate surface area is 208 Å². The van der Waals surface area contributed by atoms with Crippen molar-refractivity contribution in [2.75, 3.05) is 26.2 Å². The number of fused-ring (bicyclic) bond motifs is 1. The van der Waals surface area contributed by atoms with Crippen molar-refractivity contribution in [3.63, 3.8) is 0 Å². The number of nitrogens with zero attached hydrogens (tertiary/aromatic N) is 1. The number of hydrogen-bond acceptors (Lipinski definition) is 5. The number of thiophene rings is 1. The van der Waals surface area contributed by atoms with Gasteiger partial charge in [0.05, 0.1) is 11.5 Å². The van der Waals surface area contributed by atoms with Crippen molar-refractivity contribution in [1.82, 2.24) is 4.90 Å². The second-order valence-electron chi connectivity index (χ2n) is 9.20. The van der Waals surface area contributed by atoms with Crippen molar-refractivity contribution in [2.45, 2.75) is 26.9 Å². The van der Waals surface area contributed by atoms with Crippen LogP contribution in [0.3, 0.4) is 0 Å². The zero-order chi connectivity index (χ0) is 24.5. The zero-order valence-electron chi connectivity index (χ0n) is 19.8. The van der Waals surface area contributed by atoms with Crippen LogP contribution in [-0.2, 0) is 11.4 Å². The number of carboxylic acid groups (broad SMARTS) is 1. The Kier molecular flexibility index (Phi) is 6.62. The molecule has 0 amide bonds. The van der Waals surface area contributed by atoms with Crippen molar-refractivity contribution in [1.29, 1.82) is 0 Å². The molecular formula is C28H28FNO4S. The maximum atomic E-state index is 15.0. The monoisotopic (exact) mass is 493 g/mol. The van der Waals surface area contributed by atoms with E-state index >= 15 is 0 Å². The molecule has 5 rings (SSSR count). The molecule has 3 aromatic rings. The molecule has 5 nitrogen and oxygen atoms in total. The van der Waals surface area contributed by atoms with Gasteiger partial charge < -0.3 is 14.6 Å². The molecule has 2 aliphatic rings. The lowest BCUT2D eigenvalue weighted by atomic mass is 10.0. The first-order valence-corrected chi connectivity index (χ1v) is 12.6. The number of carboxylic acids is 1. The number of hydrogen-bond donors (Lipinski definition) is 1. The van der Waals surface area contributed by atoms with E-state index in [-0.39, 0.29) is 11.7 Å². The van der Waals surface area contributed by atoms with Gasteiger partial charge in [0.25, 0.3) is 0 Å². The first-order valence-electron chi connectivity index (χ1n) is 11.8. The summed E-state index contributed by atoms with van der Waals surface area (Å²) in [7, 11) is 0. The molecule has 35 heavy (non-hydrogen) atoms.